The number of carbonyl (C=O) groups excluding carboxylic acids is 1. The molecule has 7 nitrogen and oxygen atoms in total. The number of aromatic nitrogens is 2. The molecule has 7 heteroatoms. The van der Waals surface area contributed by atoms with Crippen LogP contribution in [-0.2, 0) is 6.42 Å². The van der Waals surface area contributed by atoms with Gasteiger partial charge in [0.2, 0.25) is 5.95 Å². The Morgan fingerprint density at radius 3 is 2.84 bits per heavy atom. The van der Waals surface area contributed by atoms with Crippen LogP contribution in [0.4, 0.5) is 11.8 Å². The normalized spacial score (nSPS) is 13.2. The largest absolute Gasteiger partial charge is 0.493 e. The predicted octanol–water partition coefficient (Wildman–Crippen LogP) is 3.45. The van der Waals surface area contributed by atoms with E-state index >= 15 is 0 Å². The molecule has 0 bridgehead atoms. The third kappa shape index (κ3) is 4.83. The van der Waals surface area contributed by atoms with Gasteiger partial charge < -0.3 is 15.4 Å². The van der Waals surface area contributed by atoms with E-state index in [1.165, 1.54) is 0 Å². The van der Waals surface area contributed by atoms with Crippen molar-refractivity contribution in [2.24, 2.45) is 0 Å². The highest BCUT2D eigenvalue weighted by Crippen LogP contribution is 2.27. The smallest absolute Gasteiger partial charge is 0.259 e. The molecule has 0 saturated carbocycles. The zero-order valence-electron chi connectivity index (χ0n) is 17.8. The summed E-state index contributed by atoms with van der Waals surface area (Å²) in [4.78, 5) is 24.1. The zero-order chi connectivity index (χ0) is 21.6. The van der Waals surface area contributed by atoms with Crippen molar-refractivity contribution in [1.82, 2.24) is 15.3 Å². The summed E-state index contributed by atoms with van der Waals surface area (Å²) in [6.07, 6.45) is 2.50. The molecule has 0 spiro atoms. The molecule has 2 N–H and O–H groups in total. The maximum atomic E-state index is 13.4. The second-order valence-corrected chi connectivity index (χ2v) is 7.50. The van der Waals surface area contributed by atoms with E-state index in [1.54, 1.807) is 17.2 Å². The molecule has 0 radical (unpaired) electrons. The first kappa shape index (κ1) is 20.8. The van der Waals surface area contributed by atoms with E-state index in [9.17, 15) is 4.79 Å². The number of likely N-dealkylation sites (N-methyl/N-ethyl adjacent to an activating group) is 1. The molecule has 31 heavy (non-hydrogen) atoms. The van der Waals surface area contributed by atoms with Crippen LogP contribution in [0.2, 0.25) is 0 Å². The average Bonchev–Trinajstić information content (AvgIpc) is 3.28. The van der Waals surface area contributed by atoms with E-state index in [-0.39, 0.29) is 11.9 Å². The molecule has 0 aliphatic carbocycles. The van der Waals surface area contributed by atoms with E-state index in [0.717, 1.165) is 23.3 Å². The summed E-state index contributed by atoms with van der Waals surface area (Å²) in [6, 6.07) is 17.5. The van der Waals surface area contributed by atoms with Gasteiger partial charge in [0.05, 0.1) is 12.6 Å². The fraction of sp³-hybridized carbons (Fsp3) is 0.292. The molecule has 1 aliphatic rings. The van der Waals surface area contributed by atoms with Gasteiger partial charge in [-0.2, -0.15) is 4.98 Å². The van der Waals surface area contributed by atoms with Crippen molar-refractivity contribution in [1.29, 1.82) is 0 Å². The quantitative estimate of drug-likeness (QED) is 0.584. The minimum absolute atomic E-state index is 0.0367. The van der Waals surface area contributed by atoms with Crippen LogP contribution >= 0.6 is 0 Å². The number of benzene rings is 2. The number of ether oxygens (including phenoxy) is 1. The minimum Gasteiger partial charge on any atom is -0.493 e. The molecule has 1 atom stereocenters. The summed E-state index contributed by atoms with van der Waals surface area (Å²) in [6.45, 7) is 3.86. The van der Waals surface area contributed by atoms with Crippen LogP contribution in [0, 0.1) is 0 Å². The summed E-state index contributed by atoms with van der Waals surface area (Å²) in [5.74, 6) is 1.82. The fourth-order valence-corrected chi connectivity index (χ4v) is 3.61. The zero-order valence-corrected chi connectivity index (χ0v) is 17.8. The van der Waals surface area contributed by atoms with Crippen LogP contribution in [0.5, 0.6) is 5.75 Å². The van der Waals surface area contributed by atoms with Crippen molar-refractivity contribution < 1.29 is 9.53 Å². The van der Waals surface area contributed by atoms with Crippen molar-refractivity contribution in [2.45, 2.75) is 19.4 Å². The maximum absolute atomic E-state index is 13.4. The predicted molar refractivity (Wildman–Crippen MR) is 122 cm³/mol. The standard InChI is InChI=1S/C24H27N5O2/c1-17(18-6-4-3-5-7-18)27-24-26-12-10-22(28-24)29(14-13-25-2)23(30)20-8-9-21-19(16-20)11-15-31-21/h3-10,12,16-17,25H,11,13-15H2,1-2H3,(H,26,27,28)/t17-/m0/s1. The van der Waals surface area contributed by atoms with E-state index in [4.69, 9.17) is 4.74 Å². The van der Waals surface area contributed by atoms with Gasteiger partial charge in [0.1, 0.15) is 11.6 Å². The molecule has 0 saturated heterocycles. The molecular formula is C24H27N5O2. The van der Waals surface area contributed by atoms with E-state index < -0.39 is 0 Å². The highest BCUT2D eigenvalue weighted by molar-refractivity contribution is 6.05. The van der Waals surface area contributed by atoms with Gasteiger partial charge in [0.15, 0.2) is 0 Å². The number of hydrogen-bond donors (Lipinski definition) is 2. The lowest BCUT2D eigenvalue weighted by atomic mass is 10.1. The van der Waals surface area contributed by atoms with E-state index in [1.807, 2.05) is 43.4 Å². The number of amides is 1. The second-order valence-electron chi connectivity index (χ2n) is 7.50. The first-order chi connectivity index (χ1) is 15.2. The summed E-state index contributed by atoms with van der Waals surface area (Å²) in [5, 5.41) is 6.44. The number of nitrogens with zero attached hydrogens (tertiary/aromatic N) is 3. The summed E-state index contributed by atoms with van der Waals surface area (Å²) < 4.78 is 5.57. The van der Waals surface area contributed by atoms with Crippen molar-refractivity contribution in [3.05, 3.63) is 77.5 Å². The fourth-order valence-electron chi connectivity index (χ4n) is 3.61. The lowest BCUT2D eigenvalue weighted by molar-refractivity contribution is 0.0986. The lowest BCUT2D eigenvalue weighted by Crippen LogP contribution is -2.37. The van der Waals surface area contributed by atoms with Crippen LogP contribution in [0.25, 0.3) is 0 Å². The minimum atomic E-state index is -0.0919. The molecule has 2 heterocycles. The highest BCUT2D eigenvalue weighted by atomic mass is 16.5. The molecule has 160 valence electrons. The number of carbonyl (C=O) groups is 1. The van der Waals surface area contributed by atoms with Gasteiger partial charge in [-0.1, -0.05) is 30.3 Å². The molecular weight excluding hydrogens is 390 g/mol. The molecule has 0 unspecified atom stereocenters. The Bertz CT molecular complexity index is 1040. The molecule has 0 fully saturated rings. The Hall–Kier alpha value is -3.45. The summed E-state index contributed by atoms with van der Waals surface area (Å²) in [5.41, 5.74) is 2.84. The van der Waals surface area contributed by atoms with Gasteiger partial charge in [0, 0.05) is 31.3 Å². The lowest BCUT2D eigenvalue weighted by Gasteiger charge is -2.23. The van der Waals surface area contributed by atoms with Gasteiger partial charge in [-0.15, -0.1) is 0 Å². The van der Waals surface area contributed by atoms with Crippen LogP contribution in [-0.4, -0.2) is 42.6 Å². The Balaban J connectivity index is 1.57. The first-order valence-electron chi connectivity index (χ1n) is 10.5. The maximum Gasteiger partial charge on any atom is 0.259 e. The Labute approximate surface area is 182 Å². The molecule has 2 aromatic carbocycles. The third-order valence-corrected chi connectivity index (χ3v) is 5.33. The highest BCUT2D eigenvalue weighted by Gasteiger charge is 2.22. The average molecular weight is 418 g/mol. The van der Waals surface area contributed by atoms with E-state index in [0.29, 0.717) is 37.0 Å². The third-order valence-electron chi connectivity index (χ3n) is 5.33. The van der Waals surface area contributed by atoms with Gasteiger partial charge in [0.25, 0.3) is 5.91 Å². The molecule has 3 aromatic rings. The number of fused-ring (bicyclic) bond motifs is 1. The van der Waals surface area contributed by atoms with Gasteiger partial charge in [-0.05, 0) is 49.4 Å². The van der Waals surface area contributed by atoms with E-state index in [2.05, 4.69) is 39.7 Å². The summed E-state index contributed by atoms with van der Waals surface area (Å²) >= 11 is 0. The number of anilines is 2. The van der Waals surface area contributed by atoms with Crippen LogP contribution in [0.3, 0.4) is 0 Å². The molecule has 1 aliphatic heterocycles. The van der Waals surface area contributed by atoms with Gasteiger partial charge >= 0.3 is 0 Å². The molecule has 1 amide bonds. The monoisotopic (exact) mass is 417 g/mol. The van der Waals surface area contributed by atoms with Crippen molar-refractivity contribution in [2.75, 3.05) is 37.0 Å². The van der Waals surface area contributed by atoms with Gasteiger partial charge in [-0.25, -0.2) is 4.98 Å². The van der Waals surface area contributed by atoms with Crippen LogP contribution in [0.15, 0.2) is 60.8 Å². The van der Waals surface area contributed by atoms with Crippen LogP contribution < -0.4 is 20.3 Å². The number of rotatable bonds is 8. The summed E-state index contributed by atoms with van der Waals surface area (Å²) in [7, 11) is 1.86. The Kier molecular flexibility index (Phi) is 6.43. The Morgan fingerprint density at radius 1 is 1.19 bits per heavy atom. The van der Waals surface area contributed by atoms with Crippen LogP contribution in [0.1, 0.15) is 34.5 Å². The molecule has 4 rings (SSSR count). The number of nitrogens with one attached hydrogen (secondary N) is 2. The van der Waals surface area contributed by atoms with Crippen molar-refractivity contribution in [3.63, 3.8) is 0 Å². The topological polar surface area (TPSA) is 79.4 Å². The second kappa shape index (κ2) is 9.57. The van der Waals surface area contributed by atoms with Gasteiger partial charge in [-0.3, -0.25) is 9.69 Å². The Morgan fingerprint density at radius 2 is 2.03 bits per heavy atom. The SMILES string of the molecule is CNCCN(C(=O)c1ccc2c(c1)CCO2)c1ccnc(N[C@@H](C)c2ccccc2)n1. The number of hydrogen-bond acceptors (Lipinski definition) is 6. The van der Waals surface area contributed by atoms with Crippen molar-refractivity contribution in [3.8, 4) is 5.75 Å². The van der Waals surface area contributed by atoms with Crippen molar-refractivity contribution >= 4 is 17.7 Å². The first-order valence-corrected chi connectivity index (χ1v) is 10.5. The molecule has 1 aromatic heterocycles.